The zero-order valence-electron chi connectivity index (χ0n) is 16.4. The molecule has 0 aromatic carbocycles. The lowest BCUT2D eigenvalue weighted by Crippen LogP contribution is -2.41. The van der Waals surface area contributed by atoms with E-state index < -0.39 is 0 Å². The van der Waals surface area contributed by atoms with Crippen molar-refractivity contribution in [3.8, 4) is 0 Å². The number of aryl methyl sites for hydroxylation is 1. The fourth-order valence-corrected chi connectivity index (χ4v) is 3.62. The average molecular weight is 382 g/mol. The molecule has 0 saturated carbocycles. The standard InChI is InChI=1S/C20H26N6O2/c1-3-24-9-7-21-18(24)15-23(2)14-16-19(20(27)25-10-12-28-13-11-25)22-17-6-4-5-8-26(16)17/h4-9H,3,10-15H2,1-2H3. The number of rotatable bonds is 6. The molecule has 148 valence electrons. The maximum absolute atomic E-state index is 13.1. The number of nitrogens with zero attached hydrogens (tertiary/aromatic N) is 6. The summed E-state index contributed by atoms with van der Waals surface area (Å²) in [7, 11) is 2.04. The highest BCUT2D eigenvalue weighted by atomic mass is 16.5. The summed E-state index contributed by atoms with van der Waals surface area (Å²) in [5.41, 5.74) is 2.22. The van der Waals surface area contributed by atoms with E-state index in [1.54, 1.807) is 0 Å². The van der Waals surface area contributed by atoms with Crippen LogP contribution in [-0.2, 0) is 24.4 Å². The van der Waals surface area contributed by atoms with Crippen LogP contribution in [0.15, 0.2) is 36.8 Å². The summed E-state index contributed by atoms with van der Waals surface area (Å²) in [5, 5.41) is 0. The van der Waals surface area contributed by atoms with Crippen LogP contribution in [0.2, 0.25) is 0 Å². The largest absolute Gasteiger partial charge is 0.378 e. The molecule has 8 nitrogen and oxygen atoms in total. The van der Waals surface area contributed by atoms with Crippen LogP contribution in [0.4, 0.5) is 0 Å². The minimum atomic E-state index is -0.0227. The Morgan fingerprint density at radius 1 is 1.21 bits per heavy atom. The molecule has 3 aromatic heterocycles. The minimum absolute atomic E-state index is 0.0227. The Labute approximate surface area is 164 Å². The Kier molecular flexibility index (Phi) is 5.40. The Morgan fingerprint density at radius 2 is 2.04 bits per heavy atom. The molecular formula is C20H26N6O2. The van der Waals surface area contributed by atoms with Crippen LogP contribution in [0.1, 0.15) is 28.9 Å². The molecule has 3 aromatic rings. The molecule has 1 aliphatic heterocycles. The van der Waals surface area contributed by atoms with Crippen molar-refractivity contribution in [1.82, 2.24) is 28.7 Å². The summed E-state index contributed by atoms with van der Waals surface area (Å²) in [5.74, 6) is 0.991. The van der Waals surface area contributed by atoms with Crippen LogP contribution in [-0.4, -0.2) is 68.0 Å². The van der Waals surface area contributed by atoms with E-state index in [9.17, 15) is 4.79 Å². The monoisotopic (exact) mass is 382 g/mol. The number of pyridine rings is 1. The highest BCUT2D eigenvalue weighted by Gasteiger charge is 2.26. The Balaban J connectivity index is 1.62. The van der Waals surface area contributed by atoms with E-state index in [0.717, 1.165) is 23.7 Å². The molecule has 0 unspecified atom stereocenters. The molecule has 8 heteroatoms. The molecule has 28 heavy (non-hydrogen) atoms. The van der Waals surface area contributed by atoms with Gasteiger partial charge in [0.25, 0.3) is 5.91 Å². The fourth-order valence-electron chi connectivity index (χ4n) is 3.62. The Bertz CT molecular complexity index is 957. The molecule has 0 aliphatic carbocycles. The predicted molar refractivity (Wildman–Crippen MR) is 105 cm³/mol. The zero-order chi connectivity index (χ0) is 19.5. The fraction of sp³-hybridized carbons (Fsp3) is 0.450. The molecular weight excluding hydrogens is 356 g/mol. The quantitative estimate of drug-likeness (QED) is 0.649. The van der Waals surface area contributed by atoms with E-state index in [2.05, 4.69) is 26.4 Å². The summed E-state index contributed by atoms with van der Waals surface area (Å²) < 4.78 is 9.52. The second-order valence-corrected chi connectivity index (χ2v) is 7.04. The molecule has 0 spiro atoms. The molecule has 1 saturated heterocycles. The second kappa shape index (κ2) is 8.12. The highest BCUT2D eigenvalue weighted by molar-refractivity contribution is 5.94. The minimum Gasteiger partial charge on any atom is -0.378 e. The number of morpholine rings is 1. The first-order valence-electron chi connectivity index (χ1n) is 9.69. The lowest BCUT2D eigenvalue weighted by molar-refractivity contribution is 0.0298. The van der Waals surface area contributed by atoms with Crippen molar-refractivity contribution in [2.24, 2.45) is 0 Å². The number of fused-ring (bicyclic) bond motifs is 1. The van der Waals surface area contributed by atoms with Gasteiger partial charge in [0, 0.05) is 44.8 Å². The van der Waals surface area contributed by atoms with Crippen LogP contribution in [0.5, 0.6) is 0 Å². The lowest BCUT2D eigenvalue weighted by atomic mass is 10.2. The van der Waals surface area contributed by atoms with Gasteiger partial charge in [-0.05, 0) is 26.1 Å². The molecule has 0 N–H and O–H groups in total. The first-order valence-corrected chi connectivity index (χ1v) is 9.69. The van der Waals surface area contributed by atoms with E-state index >= 15 is 0 Å². The summed E-state index contributed by atoms with van der Waals surface area (Å²) in [4.78, 5) is 26.3. The van der Waals surface area contributed by atoms with Gasteiger partial charge in [0.05, 0.1) is 25.5 Å². The highest BCUT2D eigenvalue weighted by Crippen LogP contribution is 2.18. The number of hydrogen-bond donors (Lipinski definition) is 0. The van der Waals surface area contributed by atoms with Gasteiger partial charge in [-0.3, -0.25) is 9.69 Å². The topological polar surface area (TPSA) is 67.9 Å². The number of imidazole rings is 2. The summed E-state index contributed by atoms with van der Waals surface area (Å²) >= 11 is 0. The van der Waals surface area contributed by atoms with Gasteiger partial charge in [-0.15, -0.1) is 0 Å². The molecule has 1 aliphatic rings. The van der Waals surface area contributed by atoms with Gasteiger partial charge in [0.15, 0.2) is 5.69 Å². The maximum Gasteiger partial charge on any atom is 0.274 e. The molecule has 4 heterocycles. The van der Waals surface area contributed by atoms with Gasteiger partial charge < -0.3 is 18.6 Å². The van der Waals surface area contributed by atoms with E-state index in [1.807, 2.05) is 53.1 Å². The van der Waals surface area contributed by atoms with Gasteiger partial charge in [-0.1, -0.05) is 6.07 Å². The van der Waals surface area contributed by atoms with Gasteiger partial charge in [0.2, 0.25) is 0 Å². The van der Waals surface area contributed by atoms with E-state index in [-0.39, 0.29) is 5.91 Å². The molecule has 1 amide bonds. The number of carbonyl (C=O) groups excluding carboxylic acids is 1. The van der Waals surface area contributed by atoms with Crippen molar-refractivity contribution in [3.05, 3.63) is 54.0 Å². The van der Waals surface area contributed by atoms with E-state index in [0.29, 0.717) is 45.1 Å². The molecule has 1 fully saturated rings. The van der Waals surface area contributed by atoms with E-state index in [1.165, 1.54) is 0 Å². The predicted octanol–water partition coefficient (Wildman–Crippen LogP) is 1.66. The molecule has 0 radical (unpaired) electrons. The van der Waals surface area contributed by atoms with Crippen LogP contribution < -0.4 is 0 Å². The third kappa shape index (κ3) is 3.65. The first-order chi connectivity index (χ1) is 13.7. The number of ether oxygens (including phenoxy) is 1. The van der Waals surface area contributed by atoms with Crippen molar-refractivity contribution >= 4 is 11.6 Å². The smallest absolute Gasteiger partial charge is 0.274 e. The van der Waals surface area contributed by atoms with Crippen molar-refractivity contribution in [1.29, 1.82) is 0 Å². The molecule has 0 bridgehead atoms. The Hall–Kier alpha value is -2.71. The summed E-state index contributed by atoms with van der Waals surface area (Å²) in [6.07, 6.45) is 5.79. The van der Waals surface area contributed by atoms with Crippen molar-refractivity contribution in [2.75, 3.05) is 33.4 Å². The number of aromatic nitrogens is 4. The van der Waals surface area contributed by atoms with Crippen LogP contribution >= 0.6 is 0 Å². The van der Waals surface area contributed by atoms with Crippen LogP contribution in [0.25, 0.3) is 5.65 Å². The number of hydrogen-bond acceptors (Lipinski definition) is 5. The van der Waals surface area contributed by atoms with Gasteiger partial charge in [0.1, 0.15) is 11.5 Å². The average Bonchev–Trinajstić information content (AvgIpc) is 3.32. The number of amides is 1. The van der Waals surface area contributed by atoms with Crippen LogP contribution in [0.3, 0.4) is 0 Å². The molecule has 0 atom stereocenters. The summed E-state index contributed by atoms with van der Waals surface area (Å²) in [6, 6.07) is 5.84. The van der Waals surface area contributed by atoms with Crippen molar-refractivity contribution in [2.45, 2.75) is 26.6 Å². The molecule has 4 rings (SSSR count). The van der Waals surface area contributed by atoms with Gasteiger partial charge in [-0.25, -0.2) is 9.97 Å². The van der Waals surface area contributed by atoms with E-state index in [4.69, 9.17) is 4.74 Å². The first kappa shape index (κ1) is 18.6. The lowest BCUT2D eigenvalue weighted by Gasteiger charge is -2.26. The van der Waals surface area contributed by atoms with Crippen molar-refractivity contribution in [3.63, 3.8) is 0 Å². The maximum atomic E-state index is 13.1. The third-order valence-electron chi connectivity index (χ3n) is 5.10. The second-order valence-electron chi connectivity index (χ2n) is 7.04. The zero-order valence-corrected chi connectivity index (χ0v) is 16.4. The van der Waals surface area contributed by atoms with Gasteiger partial charge >= 0.3 is 0 Å². The third-order valence-corrected chi connectivity index (χ3v) is 5.10. The van der Waals surface area contributed by atoms with Crippen molar-refractivity contribution < 1.29 is 9.53 Å². The normalized spacial score (nSPS) is 14.9. The van der Waals surface area contributed by atoms with Gasteiger partial charge in [-0.2, -0.15) is 0 Å². The summed E-state index contributed by atoms with van der Waals surface area (Å²) in [6.45, 7) is 6.67. The SMILES string of the molecule is CCn1ccnc1CN(C)Cc1c(C(=O)N2CCOCC2)nc2ccccn12. The Morgan fingerprint density at radius 3 is 2.82 bits per heavy atom. The van der Waals surface area contributed by atoms with Crippen LogP contribution in [0, 0.1) is 0 Å². The number of carbonyl (C=O) groups is 1.